The van der Waals surface area contributed by atoms with E-state index in [4.69, 9.17) is 0 Å². The molecule has 0 unspecified atom stereocenters. The zero-order valence-electron chi connectivity index (χ0n) is 9.08. The van der Waals surface area contributed by atoms with E-state index in [0.717, 1.165) is 19.6 Å². The van der Waals surface area contributed by atoms with Gasteiger partial charge in [-0.1, -0.05) is 0 Å². The minimum absolute atomic E-state index is 0.108. The van der Waals surface area contributed by atoms with Crippen molar-refractivity contribution >= 4 is 5.78 Å². The predicted molar refractivity (Wildman–Crippen MR) is 53.8 cm³/mol. The summed E-state index contributed by atoms with van der Waals surface area (Å²) in [5.41, 5.74) is 0. The molecule has 13 heavy (non-hydrogen) atoms. The van der Waals surface area contributed by atoms with E-state index in [1.807, 2.05) is 7.05 Å². The maximum Gasteiger partial charge on any atom is 0.148 e. The van der Waals surface area contributed by atoms with Crippen molar-refractivity contribution in [2.24, 2.45) is 0 Å². The normalized spacial score (nSPS) is 26.7. The van der Waals surface area contributed by atoms with E-state index in [-0.39, 0.29) is 11.8 Å². The highest BCUT2D eigenvalue weighted by molar-refractivity contribution is 5.81. The van der Waals surface area contributed by atoms with Crippen molar-refractivity contribution in [3.05, 3.63) is 0 Å². The van der Waals surface area contributed by atoms with Crippen LogP contribution in [0.5, 0.6) is 0 Å². The van der Waals surface area contributed by atoms with Crippen LogP contribution in [0, 0.1) is 0 Å². The van der Waals surface area contributed by atoms with Crippen molar-refractivity contribution < 1.29 is 4.79 Å². The standard InChI is InChI=1S/C10H20N2O/c1-8(2)12-6-5-11(4)10(7-12)9(3)13/h8,10H,5-7H2,1-4H3/t10-/m1/s1. The van der Waals surface area contributed by atoms with Gasteiger partial charge in [-0.2, -0.15) is 0 Å². The Labute approximate surface area is 80.7 Å². The largest absolute Gasteiger partial charge is 0.298 e. The molecule has 1 atom stereocenters. The monoisotopic (exact) mass is 184 g/mol. The molecule has 76 valence electrons. The number of carbonyl (C=O) groups is 1. The lowest BCUT2D eigenvalue weighted by Crippen LogP contribution is -2.55. The van der Waals surface area contributed by atoms with Gasteiger partial charge in [-0.15, -0.1) is 0 Å². The Balaban J connectivity index is 2.58. The topological polar surface area (TPSA) is 23.6 Å². The molecule has 0 aromatic rings. The lowest BCUT2D eigenvalue weighted by Gasteiger charge is -2.40. The second-order valence-corrected chi connectivity index (χ2v) is 4.20. The van der Waals surface area contributed by atoms with E-state index < -0.39 is 0 Å². The van der Waals surface area contributed by atoms with E-state index in [2.05, 4.69) is 23.6 Å². The van der Waals surface area contributed by atoms with Crippen molar-refractivity contribution in [1.82, 2.24) is 9.80 Å². The van der Waals surface area contributed by atoms with Gasteiger partial charge in [0.2, 0.25) is 0 Å². The van der Waals surface area contributed by atoms with Crippen molar-refractivity contribution in [3.63, 3.8) is 0 Å². The van der Waals surface area contributed by atoms with Gasteiger partial charge in [-0.25, -0.2) is 0 Å². The lowest BCUT2D eigenvalue weighted by atomic mass is 10.1. The van der Waals surface area contributed by atoms with Crippen LogP contribution in [0.3, 0.4) is 0 Å². The third-order valence-corrected chi connectivity index (χ3v) is 2.88. The molecule has 1 aliphatic rings. The molecule has 0 saturated carbocycles. The molecule has 0 aromatic carbocycles. The summed E-state index contributed by atoms with van der Waals surface area (Å²) < 4.78 is 0. The molecule has 0 aromatic heterocycles. The third-order valence-electron chi connectivity index (χ3n) is 2.88. The fourth-order valence-electron chi connectivity index (χ4n) is 1.80. The van der Waals surface area contributed by atoms with Gasteiger partial charge in [0.05, 0.1) is 6.04 Å². The molecular weight excluding hydrogens is 164 g/mol. The van der Waals surface area contributed by atoms with Crippen molar-refractivity contribution in [2.75, 3.05) is 26.7 Å². The fraction of sp³-hybridized carbons (Fsp3) is 0.900. The minimum Gasteiger partial charge on any atom is -0.298 e. The molecule has 3 heteroatoms. The van der Waals surface area contributed by atoms with Gasteiger partial charge >= 0.3 is 0 Å². The molecule has 3 nitrogen and oxygen atoms in total. The zero-order chi connectivity index (χ0) is 10.0. The van der Waals surface area contributed by atoms with Gasteiger partial charge in [0.25, 0.3) is 0 Å². The number of hydrogen-bond acceptors (Lipinski definition) is 3. The number of hydrogen-bond donors (Lipinski definition) is 0. The summed E-state index contributed by atoms with van der Waals surface area (Å²) >= 11 is 0. The van der Waals surface area contributed by atoms with Crippen LogP contribution in [0.1, 0.15) is 20.8 Å². The van der Waals surface area contributed by atoms with Crippen molar-refractivity contribution in [1.29, 1.82) is 0 Å². The number of carbonyl (C=O) groups excluding carboxylic acids is 1. The molecule has 0 N–H and O–H groups in total. The first-order valence-electron chi connectivity index (χ1n) is 4.97. The van der Waals surface area contributed by atoms with Crippen LogP contribution in [0.2, 0.25) is 0 Å². The SMILES string of the molecule is CC(=O)[C@H]1CN(C(C)C)CCN1C. The molecule has 0 bridgehead atoms. The molecule has 1 fully saturated rings. The molecule has 0 aliphatic carbocycles. The maximum atomic E-state index is 11.3. The molecule has 1 aliphatic heterocycles. The summed E-state index contributed by atoms with van der Waals surface area (Å²) in [5.74, 6) is 0.285. The van der Waals surface area contributed by atoms with Crippen LogP contribution in [-0.4, -0.2) is 54.3 Å². The molecule has 0 amide bonds. The zero-order valence-corrected chi connectivity index (χ0v) is 9.08. The van der Waals surface area contributed by atoms with E-state index in [9.17, 15) is 4.79 Å². The second kappa shape index (κ2) is 4.20. The number of ketones is 1. The molecule has 0 radical (unpaired) electrons. The summed E-state index contributed by atoms with van der Waals surface area (Å²) in [6.45, 7) is 9.03. The van der Waals surface area contributed by atoms with Crippen LogP contribution in [-0.2, 0) is 4.79 Å². The van der Waals surface area contributed by atoms with Crippen LogP contribution in [0.4, 0.5) is 0 Å². The average Bonchev–Trinajstić information content (AvgIpc) is 2.04. The molecule has 1 rings (SSSR count). The first-order chi connectivity index (χ1) is 6.02. The van der Waals surface area contributed by atoms with Crippen LogP contribution >= 0.6 is 0 Å². The summed E-state index contributed by atoms with van der Waals surface area (Å²) in [4.78, 5) is 15.8. The number of Topliss-reactive ketones (excluding diaryl/α,β-unsaturated/α-hetero) is 1. The van der Waals surface area contributed by atoms with Crippen molar-refractivity contribution in [2.45, 2.75) is 32.9 Å². The van der Waals surface area contributed by atoms with E-state index in [1.54, 1.807) is 6.92 Å². The first-order valence-corrected chi connectivity index (χ1v) is 4.97. The highest BCUT2D eigenvalue weighted by Crippen LogP contribution is 2.11. The summed E-state index contributed by atoms with van der Waals surface area (Å²) in [7, 11) is 2.03. The first kappa shape index (κ1) is 10.7. The highest BCUT2D eigenvalue weighted by atomic mass is 16.1. The Morgan fingerprint density at radius 1 is 1.38 bits per heavy atom. The average molecular weight is 184 g/mol. The fourth-order valence-corrected chi connectivity index (χ4v) is 1.80. The Morgan fingerprint density at radius 2 is 2.00 bits per heavy atom. The van der Waals surface area contributed by atoms with Gasteiger partial charge < -0.3 is 0 Å². The molecule has 0 spiro atoms. The maximum absolute atomic E-state index is 11.3. The Hall–Kier alpha value is -0.410. The van der Waals surface area contributed by atoms with E-state index >= 15 is 0 Å². The number of likely N-dealkylation sites (N-methyl/N-ethyl adjacent to an activating group) is 1. The summed E-state index contributed by atoms with van der Waals surface area (Å²) in [6.07, 6.45) is 0. The van der Waals surface area contributed by atoms with Crippen LogP contribution < -0.4 is 0 Å². The Kier molecular flexibility index (Phi) is 3.45. The molecular formula is C10H20N2O. The van der Waals surface area contributed by atoms with Gasteiger partial charge in [0.15, 0.2) is 0 Å². The second-order valence-electron chi connectivity index (χ2n) is 4.20. The van der Waals surface area contributed by atoms with Gasteiger partial charge in [-0.05, 0) is 27.8 Å². The van der Waals surface area contributed by atoms with Crippen molar-refractivity contribution in [3.8, 4) is 0 Å². The van der Waals surface area contributed by atoms with Gasteiger partial charge in [0.1, 0.15) is 5.78 Å². The number of piperazine rings is 1. The molecule has 1 heterocycles. The van der Waals surface area contributed by atoms with Crippen LogP contribution in [0.15, 0.2) is 0 Å². The number of nitrogens with zero attached hydrogens (tertiary/aromatic N) is 2. The minimum atomic E-state index is 0.108. The lowest BCUT2D eigenvalue weighted by molar-refractivity contribution is -0.124. The van der Waals surface area contributed by atoms with Gasteiger partial charge in [-0.3, -0.25) is 14.6 Å². The Bertz CT molecular complexity index is 191. The highest BCUT2D eigenvalue weighted by Gasteiger charge is 2.28. The quantitative estimate of drug-likeness (QED) is 0.628. The summed E-state index contributed by atoms with van der Waals surface area (Å²) in [6, 6.07) is 0.659. The number of rotatable bonds is 2. The Morgan fingerprint density at radius 3 is 2.46 bits per heavy atom. The van der Waals surface area contributed by atoms with Crippen LogP contribution in [0.25, 0.3) is 0 Å². The third kappa shape index (κ3) is 2.51. The molecule has 1 saturated heterocycles. The van der Waals surface area contributed by atoms with Gasteiger partial charge in [0, 0.05) is 25.7 Å². The van der Waals surface area contributed by atoms with E-state index in [1.165, 1.54) is 0 Å². The summed E-state index contributed by atoms with van der Waals surface area (Å²) in [5, 5.41) is 0. The smallest absolute Gasteiger partial charge is 0.148 e. The predicted octanol–water partition coefficient (Wildman–Crippen LogP) is 0.600. The van der Waals surface area contributed by atoms with E-state index in [0.29, 0.717) is 6.04 Å².